The molecule has 0 saturated carbocycles. The minimum atomic E-state index is -0.670. The van der Waals surface area contributed by atoms with Crippen LogP contribution < -0.4 is 5.32 Å². The van der Waals surface area contributed by atoms with Crippen molar-refractivity contribution < 1.29 is 9.72 Å². The van der Waals surface area contributed by atoms with Crippen molar-refractivity contribution in [1.82, 2.24) is 15.2 Å². The van der Waals surface area contributed by atoms with Gasteiger partial charge in [0.15, 0.2) is 5.13 Å². The highest BCUT2D eigenvalue weighted by atomic mass is 32.1. The second kappa shape index (κ2) is 4.53. The summed E-state index contributed by atoms with van der Waals surface area (Å²) in [5.41, 5.74) is 0.261. The Kier molecular flexibility index (Phi) is 3.06. The van der Waals surface area contributed by atoms with Gasteiger partial charge in [0.1, 0.15) is 6.20 Å². The molecule has 0 aliphatic rings. The number of thiazole rings is 1. The molecule has 2 aromatic rings. The van der Waals surface area contributed by atoms with Crippen LogP contribution in [0.15, 0.2) is 6.20 Å². The molecule has 9 heteroatoms. The highest BCUT2D eigenvalue weighted by Gasteiger charge is 2.23. The average Bonchev–Trinajstić information content (AvgIpc) is 2.86. The van der Waals surface area contributed by atoms with Crippen LogP contribution in [0.4, 0.5) is 10.8 Å². The quantitative estimate of drug-likeness (QED) is 0.648. The summed E-state index contributed by atoms with van der Waals surface area (Å²) in [5, 5.41) is 19.3. The Labute approximate surface area is 105 Å². The predicted molar refractivity (Wildman–Crippen MR) is 64.8 cm³/mol. The molecule has 18 heavy (non-hydrogen) atoms. The van der Waals surface area contributed by atoms with Crippen LogP contribution in [0.25, 0.3) is 0 Å². The van der Waals surface area contributed by atoms with Crippen LogP contribution in [-0.4, -0.2) is 26.0 Å². The van der Waals surface area contributed by atoms with Gasteiger partial charge in [-0.05, 0) is 13.8 Å². The first-order valence-electron chi connectivity index (χ1n) is 4.92. The standard InChI is InChI=1S/C9H9N5O3S/c1-4-5(2)18-9(11-4)12-8(15)7-6(14(16)17)3-10-13-7/h3H,1-2H3,(H,10,13)(H,11,12,15). The first-order valence-corrected chi connectivity index (χ1v) is 5.74. The van der Waals surface area contributed by atoms with Crippen molar-refractivity contribution in [3.05, 3.63) is 32.6 Å². The van der Waals surface area contributed by atoms with Gasteiger partial charge in [0.2, 0.25) is 5.69 Å². The molecule has 0 aliphatic carbocycles. The lowest BCUT2D eigenvalue weighted by molar-refractivity contribution is -0.385. The molecular weight excluding hydrogens is 258 g/mol. The van der Waals surface area contributed by atoms with Crippen molar-refractivity contribution in [2.45, 2.75) is 13.8 Å². The number of aromatic nitrogens is 3. The number of carbonyl (C=O) groups is 1. The molecule has 2 aromatic heterocycles. The summed E-state index contributed by atoms with van der Waals surface area (Å²) in [7, 11) is 0. The molecule has 0 spiro atoms. The van der Waals surface area contributed by atoms with Crippen LogP contribution >= 0.6 is 11.3 Å². The Bertz CT molecular complexity index is 598. The smallest absolute Gasteiger partial charge is 0.296 e. The molecule has 0 bridgehead atoms. The topological polar surface area (TPSA) is 114 Å². The summed E-state index contributed by atoms with van der Waals surface area (Å²) in [6.07, 6.45) is 0.993. The Balaban J connectivity index is 2.22. The van der Waals surface area contributed by atoms with Gasteiger partial charge in [0, 0.05) is 4.88 Å². The number of carbonyl (C=O) groups excluding carboxylic acids is 1. The van der Waals surface area contributed by atoms with Gasteiger partial charge in [-0.3, -0.25) is 25.3 Å². The van der Waals surface area contributed by atoms with Gasteiger partial charge in [-0.15, -0.1) is 11.3 Å². The maximum Gasteiger partial charge on any atom is 0.319 e. The number of aryl methyl sites for hydroxylation is 2. The van der Waals surface area contributed by atoms with E-state index in [-0.39, 0.29) is 11.4 Å². The number of rotatable bonds is 3. The van der Waals surface area contributed by atoms with E-state index in [4.69, 9.17) is 0 Å². The number of anilines is 1. The van der Waals surface area contributed by atoms with E-state index >= 15 is 0 Å². The first-order chi connectivity index (χ1) is 8.49. The van der Waals surface area contributed by atoms with Crippen LogP contribution in [0, 0.1) is 24.0 Å². The van der Waals surface area contributed by atoms with Gasteiger partial charge in [-0.2, -0.15) is 5.10 Å². The van der Waals surface area contributed by atoms with Crippen molar-refractivity contribution in [2.24, 2.45) is 0 Å². The molecule has 2 N–H and O–H groups in total. The number of aromatic amines is 1. The zero-order chi connectivity index (χ0) is 13.3. The highest BCUT2D eigenvalue weighted by molar-refractivity contribution is 7.15. The number of hydrogen-bond acceptors (Lipinski definition) is 6. The van der Waals surface area contributed by atoms with Crippen LogP contribution in [0.1, 0.15) is 21.1 Å². The monoisotopic (exact) mass is 267 g/mol. The molecule has 2 rings (SSSR count). The number of amides is 1. The molecule has 8 nitrogen and oxygen atoms in total. The lowest BCUT2D eigenvalue weighted by Gasteiger charge is -1.97. The molecule has 0 aromatic carbocycles. The number of hydrogen-bond donors (Lipinski definition) is 2. The Morgan fingerprint density at radius 3 is 2.83 bits per heavy atom. The van der Waals surface area contributed by atoms with Gasteiger partial charge >= 0.3 is 5.69 Å². The number of nitro groups is 1. The Morgan fingerprint density at radius 2 is 2.28 bits per heavy atom. The maximum absolute atomic E-state index is 11.8. The normalized spacial score (nSPS) is 10.3. The zero-order valence-corrected chi connectivity index (χ0v) is 10.4. The summed E-state index contributed by atoms with van der Waals surface area (Å²) < 4.78 is 0. The van der Waals surface area contributed by atoms with E-state index in [2.05, 4.69) is 20.5 Å². The molecule has 0 radical (unpaired) electrons. The van der Waals surface area contributed by atoms with Crippen molar-refractivity contribution in [1.29, 1.82) is 0 Å². The van der Waals surface area contributed by atoms with Crippen molar-refractivity contribution >= 4 is 28.1 Å². The number of nitrogens with zero attached hydrogens (tertiary/aromatic N) is 3. The van der Waals surface area contributed by atoms with Gasteiger partial charge in [0.05, 0.1) is 10.6 Å². The fraction of sp³-hybridized carbons (Fsp3) is 0.222. The number of H-pyrrole nitrogens is 1. The van der Waals surface area contributed by atoms with E-state index in [9.17, 15) is 14.9 Å². The Hall–Kier alpha value is -2.29. The third-order valence-corrected chi connectivity index (χ3v) is 3.28. The third kappa shape index (κ3) is 2.20. The van der Waals surface area contributed by atoms with Crippen LogP contribution in [0.3, 0.4) is 0 Å². The molecule has 1 amide bonds. The molecule has 0 unspecified atom stereocenters. The molecule has 0 saturated heterocycles. The SMILES string of the molecule is Cc1nc(NC(=O)c2[nH]ncc2[N+](=O)[O-])sc1C. The fourth-order valence-corrected chi connectivity index (χ4v) is 2.08. The van der Waals surface area contributed by atoms with Crippen LogP contribution in [0.2, 0.25) is 0 Å². The summed E-state index contributed by atoms with van der Waals surface area (Å²) in [4.78, 5) is 26.9. The minimum absolute atomic E-state index is 0.189. The van der Waals surface area contributed by atoms with Gasteiger partial charge in [-0.25, -0.2) is 4.98 Å². The Morgan fingerprint density at radius 1 is 1.56 bits per heavy atom. The second-order valence-electron chi connectivity index (χ2n) is 3.50. The molecule has 0 aliphatic heterocycles. The van der Waals surface area contributed by atoms with E-state index in [1.807, 2.05) is 13.8 Å². The molecule has 2 heterocycles. The molecule has 0 fully saturated rings. The largest absolute Gasteiger partial charge is 0.319 e. The van der Waals surface area contributed by atoms with Gasteiger partial charge < -0.3 is 0 Å². The van der Waals surface area contributed by atoms with Crippen LogP contribution in [0.5, 0.6) is 0 Å². The predicted octanol–water partition coefficient (Wildman–Crippen LogP) is 1.64. The van der Waals surface area contributed by atoms with E-state index in [0.717, 1.165) is 16.8 Å². The highest BCUT2D eigenvalue weighted by Crippen LogP contribution is 2.22. The third-order valence-electron chi connectivity index (χ3n) is 2.29. The fourth-order valence-electron chi connectivity index (χ4n) is 1.27. The van der Waals surface area contributed by atoms with E-state index in [1.54, 1.807) is 0 Å². The lowest BCUT2D eigenvalue weighted by atomic mass is 10.3. The zero-order valence-electron chi connectivity index (χ0n) is 9.55. The summed E-state index contributed by atoms with van der Waals surface area (Å²) in [5.74, 6) is -0.632. The van der Waals surface area contributed by atoms with E-state index < -0.39 is 10.8 Å². The van der Waals surface area contributed by atoms with E-state index in [1.165, 1.54) is 11.3 Å². The molecular formula is C9H9N5O3S. The minimum Gasteiger partial charge on any atom is -0.296 e. The second-order valence-corrected chi connectivity index (χ2v) is 4.71. The van der Waals surface area contributed by atoms with Crippen molar-refractivity contribution in [2.75, 3.05) is 5.32 Å². The van der Waals surface area contributed by atoms with Crippen LogP contribution in [-0.2, 0) is 0 Å². The lowest BCUT2D eigenvalue weighted by Crippen LogP contribution is -2.14. The summed E-state index contributed by atoms with van der Waals surface area (Å²) in [6.45, 7) is 3.70. The average molecular weight is 267 g/mol. The van der Waals surface area contributed by atoms with Gasteiger partial charge in [-0.1, -0.05) is 0 Å². The van der Waals surface area contributed by atoms with Gasteiger partial charge in [0.25, 0.3) is 5.91 Å². The molecule has 94 valence electrons. The summed E-state index contributed by atoms with van der Waals surface area (Å²) >= 11 is 1.31. The van der Waals surface area contributed by atoms with Crippen molar-refractivity contribution in [3.63, 3.8) is 0 Å². The van der Waals surface area contributed by atoms with Crippen molar-refractivity contribution in [3.8, 4) is 0 Å². The van der Waals surface area contributed by atoms with E-state index in [0.29, 0.717) is 5.13 Å². The number of nitrogens with one attached hydrogen (secondary N) is 2. The molecule has 0 atom stereocenters. The maximum atomic E-state index is 11.8. The first kappa shape index (κ1) is 12.2. The summed E-state index contributed by atoms with van der Waals surface area (Å²) in [6, 6.07) is 0.